The number of hydrogen-bond acceptors (Lipinski definition) is 4. The number of rotatable bonds is 7. The highest BCUT2D eigenvalue weighted by molar-refractivity contribution is 14.0. The Bertz CT molecular complexity index is 495. The minimum Gasteiger partial charge on any atom is -0.379 e. The van der Waals surface area contributed by atoms with Crippen LogP contribution in [0.3, 0.4) is 0 Å². The first-order valence-corrected chi connectivity index (χ1v) is 10.5. The maximum atomic E-state index is 12.4. The van der Waals surface area contributed by atoms with Gasteiger partial charge in [0.25, 0.3) is 0 Å². The second kappa shape index (κ2) is 12.8. The molecule has 8 heteroatoms. The van der Waals surface area contributed by atoms with Crippen LogP contribution in [-0.2, 0) is 9.53 Å². The smallest absolute Gasteiger partial charge is 0.224 e. The van der Waals surface area contributed by atoms with E-state index in [0.29, 0.717) is 25.4 Å². The molecule has 0 saturated carbocycles. The number of piperidine rings is 1. The summed E-state index contributed by atoms with van der Waals surface area (Å²) >= 11 is 0. The van der Waals surface area contributed by atoms with Crippen molar-refractivity contribution >= 4 is 35.8 Å². The van der Waals surface area contributed by atoms with E-state index in [2.05, 4.69) is 43.2 Å². The highest BCUT2D eigenvalue weighted by Crippen LogP contribution is 2.17. The monoisotopic (exact) mass is 509 g/mol. The van der Waals surface area contributed by atoms with Crippen molar-refractivity contribution in [2.24, 2.45) is 10.9 Å². The van der Waals surface area contributed by atoms with Gasteiger partial charge in [-0.1, -0.05) is 6.92 Å². The lowest BCUT2D eigenvalue weighted by molar-refractivity contribution is -0.132. The molecule has 0 spiro atoms. The van der Waals surface area contributed by atoms with Gasteiger partial charge < -0.3 is 20.3 Å². The molecular weight excluding hydrogens is 469 g/mol. The number of carbonyl (C=O) groups is 1. The number of nitrogens with one attached hydrogen (secondary N) is 2. The molecule has 7 nitrogen and oxygen atoms in total. The maximum Gasteiger partial charge on any atom is 0.224 e. The van der Waals surface area contributed by atoms with Gasteiger partial charge in [-0.3, -0.25) is 14.7 Å². The minimum absolute atomic E-state index is 0. The van der Waals surface area contributed by atoms with Crippen LogP contribution in [0.15, 0.2) is 4.99 Å². The number of hydrogen-bond donors (Lipinski definition) is 2. The molecule has 2 rings (SSSR count). The molecule has 2 N–H and O–H groups in total. The van der Waals surface area contributed by atoms with Gasteiger partial charge in [0.1, 0.15) is 0 Å². The fourth-order valence-corrected chi connectivity index (χ4v) is 3.74. The van der Waals surface area contributed by atoms with Crippen LogP contribution in [0.4, 0.5) is 0 Å². The molecule has 0 aromatic carbocycles. The minimum atomic E-state index is -0.00805. The maximum absolute atomic E-state index is 12.4. The largest absolute Gasteiger partial charge is 0.379 e. The summed E-state index contributed by atoms with van der Waals surface area (Å²) in [6.45, 7) is 16.2. The number of ether oxygens (including phenoxy) is 1. The Morgan fingerprint density at radius 2 is 1.93 bits per heavy atom. The summed E-state index contributed by atoms with van der Waals surface area (Å²) in [5.74, 6) is 1.66. The van der Waals surface area contributed by atoms with Crippen molar-refractivity contribution in [2.75, 3.05) is 59.0 Å². The van der Waals surface area contributed by atoms with E-state index in [0.717, 1.165) is 58.3 Å². The third-order valence-electron chi connectivity index (χ3n) is 5.48. The molecule has 0 radical (unpaired) electrons. The van der Waals surface area contributed by atoms with Crippen molar-refractivity contribution in [2.45, 2.75) is 52.5 Å². The summed E-state index contributed by atoms with van der Waals surface area (Å²) < 4.78 is 5.45. The van der Waals surface area contributed by atoms with Crippen LogP contribution in [0.2, 0.25) is 0 Å². The van der Waals surface area contributed by atoms with E-state index >= 15 is 0 Å². The summed E-state index contributed by atoms with van der Waals surface area (Å²) in [7, 11) is 0. The second-order valence-electron chi connectivity index (χ2n) is 8.37. The lowest BCUT2D eigenvalue weighted by Crippen LogP contribution is -2.52. The molecule has 2 heterocycles. The lowest BCUT2D eigenvalue weighted by atomic mass is 10.00. The molecule has 0 aromatic heterocycles. The molecule has 0 aliphatic carbocycles. The molecular formula is C20H40IN5O2. The van der Waals surface area contributed by atoms with Gasteiger partial charge >= 0.3 is 0 Å². The van der Waals surface area contributed by atoms with Gasteiger partial charge in [-0.25, -0.2) is 0 Å². The highest BCUT2D eigenvalue weighted by atomic mass is 127. The van der Waals surface area contributed by atoms with E-state index in [-0.39, 0.29) is 35.4 Å². The van der Waals surface area contributed by atoms with Crippen LogP contribution < -0.4 is 10.6 Å². The van der Waals surface area contributed by atoms with Gasteiger partial charge in [0.05, 0.1) is 19.8 Å². The predicted octanol–water partition coefficient (Wildman–Crippen LogP) is 1.92. The van der Waals surface area contributed by atoms with Gasteiger partial charge in [-0.05, 0) is 39.5 Å². The van der Waals surface area contributed by atoms with E-state index in [9.17, 15) is 4.79 Å². The first-order chi connectivity index (χ1) is 12.9. The van der Waals surface area contributed by atoms with Crippen molar-refractivity contribution in [1.82, 2.24) is 20.4 Å². The molecule has 1 atom stereocenters. The Morgan fingerprint density at radius 1 is 1.21 bits per heavy atom. The van der Waals surface area contributed by atoms with E-state index in [4.69, 9.17) is 9.73 Å². The third-order valence-corrected chi connectivity index (χ3v) is 5.48. The van der Waals surface area contributed by atoms with E-state index in [1.165, 1.54) is 6.42 Å². The molecule has 164 valence electrons. The average Bonchev–Trinajstić information content (AvgIpc) is 2.66. The highest BCUT2D eigenvalue weighted by Gasteiger charge is 2.28. The normalized spacial score (nSPS) is 21.8. The van der Waals surface area contributed by atoms with E-state index in [1.807, 2.05) is 4.90 Å². The van der Waals surface area contributed by atoms with Gasteiger partial charge in [0, 0.05) is 51.2 Å². The Balaban J connectivity index is 0.00000392. The van der Waals surface area contributed by atoms with Crippen LogP contribution in [-0.4, -0.2) is 86.2 Å². The number of nitrogens with zero attached hydrogens (tertiary/aromatic N) is 3. The first-order valence-electron chi connectivity index (χ1n) is 10.5. The molecule has 0 aromatic rings. The number of aliphatic imine (C=N–C) groups is 1. The van der Waals surface area contributed by atoms with Crippen molar-refractivity contribution in [3.63, 3.8) is 0 Å². The summed E-state index contributed by atoms with van der Waals surface area (Å²) in [6.07, 6.45) is 2.88. The predicted molar refractivity (Wildman–Crippen MR) is 125 cm³/mol. The van der Waals surface area contributed by atoms with Crippen molar-refractivity contribution in [3.8, 4) is 0 Å². The number of halogens is 1. The van der Waals surface area contributed by atoms with Gasteiger partial charge in [-0.2, -0.15) is 0 Å². The van der Waals surface area contributed by atoms with Crippen LogP contribution in [0.25, 0.3) is 0 Å². The molecule has 2 aliphatic rings. The Labute approximate surface area is 188 Å². The number of amides is 1. The SMILES string of the molecule is CCNC(=NCC(C)(C)N1CCOCC1)NCCC(=O)N1CCCC(C)C1.I. The molecule has 1 amide bonds. The van der Waals surface area contributed by atoms with Gasteiger partial charge in [0.15, 0.2) is 5.96 Å². The molecule has 1 unspecified atom stereocenters. The fourth-order valence-electron chi connectivity index (χ4n) is 3.74. The standard InChI is InChI=1S/C20H39N5O2.HI/c1-5-21-19(23-16-20(3,4)25-11-13-27-14-12-25)22-9-8-18(26)24-10-6-7-17(2)15-24;/h17H,5-16H2,1-4H3,(H2,21,22,23);1H. The fraction of sp³-hybridized carbons (Fsp3) is 0.900. The molecule has 2 saturated heterocycles. The Hall–Kier alpha value is -0.610. The summed E-state index contributed by atoms with van der Waals surface area (Å²) in [4.78, 5) is 21.6. The first kappa shape index (κ1) is 25.4. The zero-order chi connectivity index (χ0) is 19.7. The van der Waals surface area contributed by atoms with E-state index < -0.39 is 0 Å². The zero-order valence-corrected chi connectivity index (χ0v) is 20.5. The molecule has 28 heavy (non-hydrogen) atoms. The van der Waals surface area contributed by atoms with Crippen LogP contribution >= 0.6 is 24.0 Å². The molecule has 0 bridgehead atoms. The summed E-state index contributed by atoms with van der Waals surface area (Å²) in [6, 6.07) is 0. The summed E-state index contributed by atoms with van der Waals surface area (Å²) in [5.41, 5.74) is -0.00805. The van der Waals surface area contributed by atoms with Crippen molar-refractivity contribution in [1.29, 1.82) is 0 Å². The van der Waals surface area contributed by atoms with Crippen LogP contribution in [0, 0.1) is 5.92 Å². The zero-order valence-electron chi connectivity index (χ0n) is 18.1. The quantitative estimate of drug-likeness (QED) is 0.312. The van der Waals surface area contributed by atoms with Gasteiger partial charge in [0.2, 0.25) is 5.91 Å². The number of likely N-dealkylation sites (tertiary alicyclic amines) is 1. The lowest BCUT2D eigenvalue weighted by Gasteiger charge is -2.39. The van der Waals surface area contributed by atoms with E-state index in [1.54, 1.807) is 0 Å². The number of carbonyl (C=O) groups excluding carboxylic acids is 1. The van der Waals surface area contributed by atoms with Crippen molar-refractivity contribution < 1.29 is 9.53 Å². The van der Waals surface area contributed by atoms with Crippen molar-refractivity contribution in [3.05, 3.63) is 0 Å². The third kappa shape index (κ3) is 8.41. The number of guanidine groups is 1. The summed E-state index contributed by atoms with van der Waals surface area (Å²) in [5, 5.41) is 6.61. The Kier molecular flexibility index (Phi) is 11.7. The topological polar surface area (TPSA) is 69.2 Å². The second-order valence-corrected chi connectivity index (χ2v) is 8.37. The van der Waals surface area contributed by atoms with Crippen LogP contribution in [0.5, 0.6) is 0 Å². The Morgan fingerprint density at radius 3 is 2.57 bits per heavy atom. The number of morpholine rings is 1. The molecule has 2 aliphatic heterocycles. The molecule has 2 fully saturated rings. The van der Waals surface area contributed by atoms with Crippen LogP contribution in [0.1, 0.15) is 47.0 Å². The van der Waals surface area contributed by atoms with Gasteiger partial charge in [-0.15, -0.1) is 24.0 Å². The average molecular weight is 509 g/mol.